The molecule has 9 heteroatoms. The third-order valence-corrected chi connectivity index (χ3v) is 8.69. The highest BCUT2D eigenvalue weighted by Crippen LogP contribution is 2.66. The minimum Gasteiger partial charge on any atom is -0.444 e. The lowest BCUT2D eigenvalue weighted by molar-refractivity contribution is -0.199. The Labute approximate surface area is 191 Å². The second-order valence-electron chi connectivity index (χ2n) is 12.1. The molecule has 2 amide bonds. The zero-order chi connectivity index (χ0) is 23.2. The third-order valence-electron chi connectivity index (χ3n) is 8.69. The van der Waals surface area contributed by atoms with Crippen LogP contribution in [0.3, 0.4) is 0 Å². The van der Waals surface area contributed by atoms with Crippen LogP contribution in [0, 0.1) is 17.3 Å². The first-order valence-corrected chi connectivity index (χ1v) is 12.1. The van der Waals surface area contributed by atoms with Gasteiger partial charge in [0.05, 0.1) is 23.8 Å². The molecule has 0 aromatic carbocycles. The van der Waals surface area contributed by atoms with Crippen molar-refractivity contribution in [2.24, 2.45) is 17.3 Å². The van der Waals surface area contributed by atoms with Crippen molar-refractivity contribution < 1.29 is 28.4 Å². The zero-order valence-corrected chi connectivity index (χ0v) is 20.3. The lowest BCUT2D eigenvalue weighted by Gasteiger charge is -2.64. The molecule has 8 nitrogen and oxygen atoms in total. The molecule has 3 saturated heterocycles. The van der Waals surface area contributed by atoms with Gasteiger partial charge in [-0.3, -0.25) is 4.79 Å². The quantitative estimate of drug-likeness (QED) is 0.654. The number of alkyl carbamates (subject to hydrolysis) is 1. The Balaban J connectivity index is 1.31. The molecular formula is C23H37BN2O6. The maximum atomic E-state index is 13.5. The Morgan fingerprint density at radius 2 is 1.94 bits per heavy atom. The van der Waals surface area contributed by atoms with Crippen LogP contribution >= 0.6 is 0 Å². The Hall–Kier alpha value is -1.32. The van der Waals surface area contributed by atoms with Crippen LogP contribution in [0.5, 0.6) is 0 Å². The number of nitrogens with zero attached hydrogens (tertiary/aromatic N) is 1. The average molecular weight is 448 g/mol. The molecule has 2 bridgehead atoms. The smallest absolute Gasteiger partial charge is 0.444 e. The van der Waals surface area contributed by atoms with Gasteiger partial charge in [0.25, 0.3) is 0 Å². The van der Waals surface area contributed by atoms with Crippen LogP contribution in [0.2, 0.25) is 0 Å². The van der Waals surface area contributed by atoms with Gasteiger partial charge in [-0.05, 0) is 77.6 Å². The van der Waals surface area contributed by atoms with Crippen molar-refractivity contribution in [3.8, 4) is 0 Å². The standard InChI is InChI=1S/C23H37BN2O6/c1-12-18(25-20(28)30-21(2,3)4)19(27)26-16(8-9-17(26)29-12)24-31-15-11-13-10-14(22(13,5)6)23(15,7)32-24/h12-18H,8-11H2,1-7H3,(H,25,28)/t12-,13-,14-,15+,16-,17-,18-,23-/m0/s1. The third kappa shape index (κ3) is 3.30. The number of fused-ring (bicyclic) bond motifs is 1. The molecule has 0 unspecified atom stereocenters. The summed E-state index contributed by atoms with van der Waals surface area (Å²) in [5.41, 5.74) is -0.692. The number of carbonyl (C=O) groups excluding carboxylic acids is 2. The van der Waals surface area contributed by atoms with Gasteiger partial charge in [0.1, 0.15) is 17.9 Å². The predicted octanol–water partition coefficient (Wildman–Crippen LogP) is 2.88. The van der Waals surface area contributed by atoms with Crippen LogP contribution in [0.1, 0.15) is 74.1 Å². The summed E-state index contributed by atoms with van der Waals surface area (Å²) in [7, 11) is -0.465. The van der Waals surface area contributed by atoms with Gasteiger partial charge in [0.2, 0.25) is 5.91 Å². The maximum absolute atomic E-state index is 13.5. The van der Waals surface area contributed by atoms with Crippen LogP contribution in [-0.4, -0.2) is 65.6 Å². The molecule has 1 N–H and O–H groups in total. The highest BCUT2D eigenvalue weighted by molar-refractivity contribution is 6.48. The number of amides is 2. The van der Waals surface area contributed by atoms with E-state index in [9.17, 15) is 9.59 Å². The van der Waals surface area contributed by atoms with Crippen LogP contribution in [0.4, 0.5) is 4.79 Å². The largest absolute Gasteiger partial charge is 0.482 e. The van der Waals surface area contributed by atoms with E-state index in [-0.39, 0.29) is 35.2 Å². The molecule has 0 aromatic rings. The molecule has 6 fully saturated rings. The molecule has 0 radical (unpaired) electrons. The van der Waals surface area contributed by atoms with Crippen LogP contribution in [0.25, 0.3) is 0 Å². The first-order chi connectivity index (χ1) is 14.8. The van der Waals surface area contributed by atoms with E-state index in [1.807, 2.05) is 6.92 Å². The summed E-state index contributed by atoms with van der Waals surface area (Å²) in [6.45, 7) is 14.1. The predicted molar refractivity (Wildman–Crippen MR) is 117 cm³/mol. The zero-order valence-electron chi connectivity index (χ0n) is 20.3. The van der Waals surface area contributed by atoms with Crippen LogP contribution in [-0.2, 0) is 23.6 Å². The summed E-state index contributed by atoms with van der Waals surface area (Å²) < 4.78 is 24.6. The number of hydrogen-bond donors (Lipinski definition) is 1. The minimum atomic E-state index is -0.798. The van der Waals surface area contributed by atoms with E-state index in [1.165, 1.54) is 6.42 Å². The first kappa shape index (κ1) is 22.5. The monoisotopic (exact) mass is 448 g/mol. The molecule has 8 atom stereocenters. The lowest BCUT2D eigenvalue weighted by atomic mass is 9.43. The van der Waals surface area contributed by atoms with Gasteiger partial charge in [0.15, 0.2) is 0 Å². The Morgan fingerprint density at radius 3 is 2.59 bits per heavy atom. The van der Waals surface area contributed by atoms with Crippen molar-refractivity contribution in [2.75, 3.05) is 0 Å². The molecule has 6 aliphatic rings. The Kier molecular flexibility index (Phi) is 4.98. The van der Waals surface area contributed by atoms with Crippen molar-refractivity contribution in [3.63, 3.8) is 0 Å². The fourth-order valence-corrected chi connectivity index (χ4v) is 6.88. The van der Waals surface area contributed by atoms with Crippen molar-refractivity contribution in [1.29, 1.82) is 0 Å². The SMILES string of the molecule is C[C@@H]1O[C@H]2CC[C@@H](B3O[C@@H]4C[C@@H]5C[C@@H](C5(C)C)[C@]4(C)O3)N2C(=O)[C@H]1NC(=O)OC(C)(C)C. The highest BCUT2D eigenvalue weighted by atomic mass is 16.7. The molecule has 3 aliphatic carbocycles. The summed E-state index contributed by atoms with van der Waals surface area (Å²) in [5.74, 6) is 0.771. The van der Waals surface area contributed by atoms with E-state index in [1.54, 1.807) is 25.7 Å². The molecule has 178 valence electrons. The van der Waals surface area contributed by atoms with Gasteiger partial charge in [-0.15, -0.1) is 0 Å². The molecule has 6 rings (SSSR count). The summed E-state index contributed by atoms with van der Waals surface area (Å²) in [4.78, 5) is 27.6. The van der Waals surface area contributed by atoms with Gasteiger partial charge in [-0.25, -0.2) is 4.79 Å². The Bertz CT molecular complexity index is 815. The molecule has 3 aliphatic heterocycles. The maximum Gasteiger partial charge on any atom is 0.482 e. The lowest BCUT2D eigenvalue weighted by Crippen LogP contribution is -2.66. The van der Waals surface area contributed by atoms with Gasteiger partial charge in [0, 0.05) is 0 Å². The summed E-state index contributed by atoms with van der Waals surface area (Å²) >= 11 is 0. The number of carbonyl (C=O) groups is 2. The number of hydrogen-bond acceptors (Lipinski definition) is 6. The number of nitrogens with one attached hydrogen (secondary N) is 1. The van der Waals surface area contributed by atoms with E-state index in [0.29, 0.717) is 11.8 Å². The molecule has 3 heterocycles. The highest BCUT2D eigenvalue weighted by Gasteiger charge is 2.69. The fourth-order valence-electron chi connectivity index (χ4n) is 6.88. The summed E-state index contributed by atoms with van der Waals surface area (Å²) in [6, 6.07) is -0.798. The molecule has 0 spiro atoms. The van der Waals surface area contributed by atoms with Gasteiger partial charge < -0.3 is 29.0 Å². The van der Waals surface area contributed by atoms with Crippen molar-refractivity contribution in [2.45, 2.75) is 116 Å². The van der Waals surface area contributed by atoms with Crippen molar-refractivity contribution in [1.82, 2.24) is 10.2 Å². The number of ether oxygens (including phenoxy) is 2. The fraction of sp³-hybridized carbons (Fsp3) is 0.913. The van der Waals surface area contributed by atoms with Crippen LogP contribution in [0.15, 0.2) is 0 Å². The van der Waals surface area contributed by atoms with Crippen LogP contribution < -0.4 is 5.32 Å². The second-order valence-corrected chi connectivity index (χ2v) is 12.1. The van der Waals surface area contributed by atoms with E-state index < -0.39 is 31.0 Å². The molecular weight excluding hydrogens is 411 g/mol. The van der Waals surface area contributed by atoms with Gasteiger partial charge in [-0.1, -0.05) is 13.8 Å². The first-order valence-electron chi connectivity index (χ1n) is 12.1. The normalized spacial score (nSPS) is 44.6. The van der Waals surface area contributed by atoms with Gasteiger partial charge >= 0.3 is 13.2 Å². The second kappa shape index (κ2) is 7.09. The topological polar surface area (TPSA) is 86.3 Å². The molecule has 32 heavy (non-hydrogen) atoms. The molecule has 3 saturated carbocycles. The van der Waals surface area contributed by atoms with Gasteiger partial charge in [-0.2, -0.15) is 0 Å². The van der Waals surface area contributed by atoms with E-state index in [0.717, 1.165) is 19.3 Å². The van der Waals surface area contributed by atoms with E-state index in [4.69, 9.17) is 18.8 Å². The summed E-state index contributed by atoms with van der Waals surface area (Å²) in [5, 5.41) is 2.72. The average Bonchev–Trinajstić information content (AvgIpc) is 3.23. The van der Waals surface area contributed by atoms with E-state index in [2.05, 4.69) is 26.1 Å². The number of rotatable bonds is 2. The van der Waals surface area contributed by atoms with Crippen molar-refractivity contribution in [3.05, 3.63) is 0 Å². The Morgan fingerprint density at radius 1 is 1.22 bits per heavy atom. The minimum absolute atomic E-state index is 0.0683. The molecule has 0 aromatic heterocycles. The summed E-state index contributed by atoms with van der Waals surface area (Å²) in [6.07, 6.45) is 2.40. The van der Waals surface area contributed by atoms with Crippen molar-refractivity contribution >= 4 is 19.1 Å². The van der Waals surface area contributed by atoms with E-state index >= 15 is 0 Å².